The lowest BCUT2D eigenvalue weighted by molar-refractivity contribution is 0.107. The van der Waals surface area contributed by atoms with Crippen LogP contribution in [0.2, 0.25) is 0 Å². The van der Waals surface area contributed by atoms with Crippen molar-refractivity contribution in [2.45, 2.75) is 32.2 Å². The monoisotopic (exact) mass is 250 g/mol. The van der Waals surface area contributed by atoms with Crippen molar-refractivity contribution in [1.29, 1.82) is 0 Å². The molecule has 1 aliphatic rings. The molecular formula is C15H23FN2. The number of halogens is 1. The van der Waals surface area contributed by atoms with Gasteiger partial charge in [-0.25, -0.2) is 4.39 Å². The Kier molecular flexibility index (Phi) is 3.62. The number of likely N-dealkylation sites (N-methyl/N-ethyl adjacent to an activating group) is 1. The first kappa shape index (κ1) is 13.3. The molecule has 100 valence electrons. The zero-order valence-corrected chi connectivity index (χ0v) is 11.5. The van der Waals surface area contributed by atoms with E-state index in [1.165, 1.54) is 6.07 Å². The molecular weight excluding hydrogens is 227 g/mol. The third kappa shape index (κ3) is 2.12. The van der Waals surface area contributed by atoms with Crippen LogP contribution in [0.4, 0.5) is 10.1 Å². The molecule has 1 aromatic carbocycles. The highest BCUT2D eigenvalue weighted by molar-refractivity contribution is 5.50. The predicted molar refractivity (Wildman–Crippen MR) is 74.2 cm³/mol. The Balaban J connectivity index is 2.18. The average Bonchev–Trinajstić information content (AvgIpc) is 2.28. The molecule has 18 heavy (non-hydrogen) atoms. The summed E-state index contributed by atoms with van der Waals surface area (Å²) in [5.74, 6) is 1.22. The van der Waals surface area contributed by atoms with Crippen molar-refractivity contribution in [2.24, 2.45) is 17.6 Å². The van der Waals surface area contributed by atoms with Gasteiger partial charge >= 0.3 is 0 Å². The van der Waals surface area contributed by atoms with Crippen molar-refractivity contribution in [3.8, 4) is 0 Å². The van der Waals surface area contributed by atoms with Crippen molar-refractivity contribution in [3.63, 3.8) is 0 Å². The SMILES string of the molecule is CC(C)C1CC(CN)(N(C)c2ccccc2F)C1. The minimum Gasteiger partial charge on any atom is -0.365 e. The van der Waals surface area contributed by atoms with E-state index in [0.29, 0.717) is 24.1 Å². The van der Waals surface area contributed by atoms with Crippen LogP contribution in [-0.4, -0.2) is 19.1 Å². The van der Waals surface area contributed by atoms with Crippen LogP contribution in [0.25, 0.3) is 0 Å². The van der Waals surface area contributed by atoms with Gasteiger partial charge in [-0.05, 0) is 36.8 Å². The van der Waals surface area contributed by atoms with Gasteiger partial charge in [-0.1, -0.05) is 26.0 Å². The van der Waals surface area contributed by atoms with E-state index >= 15 is 0 Å². The molecule has 1 aliphatic carbocycles. The quantitative estimate of drug-likeness (QED) is 0.890. The summed E-state index contributed by atoms with van der Waals surface area (Å²) in [6, 6.07) is 6.93. The highest BCUT2D eigenvalue weighted by Gasteiger charge is 2.47. The minimum atomic E-state index is -0.166. The maximum atomic E-state index is 13.8. The van der Waals surface area contributed by atoms with Gasteiger partial charge in [-0.15, -0.1) is 0 Å². The van der Waals surface area contributed by atoms with Crippen LogP contribution in [-0.2, 0) is 0 Å². The molecule has 0 amide bonds. The summed E-state index contributed by atoms with van der Waals surface area (Å²) in [7, 11) is 1.96. The number of rotatable bonds is 4. The molecule has 2 N–H and O–H groups in total. The van der Waals surface area contributed by atoms with Crippen LogP contribution >= 0.6 is 0 Å². The normalized spacial score (nSPS) is 27.1. The maximum Gasteiger partial charge on any atom is 0.146 e. The van der Waals surface area contributed by atoms with Gasteiger partial charge < -0.3 is 10.6 Å². The van der Waals surface area contributed by atoms with E-state index in [1.807, 2.05) is 24.1 Å². The van der Waals surface area contributed by atoms with E-state index in [-0.39, 0.29) is 11.4 Å². The smallest absolute Gasteiger partial charge is 0.146 e. The largest absolute Gasteiger partial charge is 0.365 e. The first-order valence-electron chi connectivity index (χ1n) is 6.68. The second-order valence-corrected chi connectivity index (χ2v) is 5.85. The number of nitrogens with two attached hydrogens (primary N) is 1. The van der Waals surface area contributed by atoms with Gasteiger partial charge in [0.25, 0.3) is 0 Å². The first-order valence-corrected chi connectivity index (χ1v) is 6.68. The molecule has 0 unspecified atom stereocenters. The molecule has 1 fully saturated rings. The molecule has 0 aliphatic heterocycles. The fourth-order valence-corrected chi connectivity index (χ4v) is 2.94. The second-order valence-electron chi connectivity index (χ2n) is 5.85. The van der Waals surface area contributed by atoms with Gasteiger partial charge in [0.05, 0.1) is 11.2 Å². The second kappa shape index (κ2) is 4.88. The molecule has 0 aromatic heterocycles. The molecule has 0 bridgehead atoms. The molecule has 1 aromatic rings. The lowest BCUT2D eigenvalue weighted by atomic mass is 9.63. The molecule has 0 spiro atoms. The van der Waals surface area contributed by atoms with E-state index in [1.54, 1.807) is 6.07 Å². The van der Waals surface area contributed by atoms with Gasteiger partial charge in [0, 0.05) is 13.6 Å². The Morgan fingerprint density at radius 1 is 1.39 bits per heavy atom. The van der Waals surface area contributed by atoms with Crippen LogP contribution in [0.1, 0.15) is 26.7 Å². The number of anilines is 1. The zero-order valence-electron chi connectivity index (χ0n) is 11.5. The maximum absolute atomic E-state index is 13.8. The summed E-state index contributed by atoms with van der Waals surface area (Å²) in [6.45, 7) is 5.07. The van der Waals surface area contributed by atoms with Gasteiger partial charge in [0.15, 0.2) is 0 Å². The highest BCUT2D eigenvalue weighted by atomic mass is 19.1. The summed E-state index contributed by atoms with van der Waals surface area (Å²) in [5.41, 5.74) is 6.55. The van der Waals surface area contributed by atoms with Crippen molar-refractivity contribution < 1.29 is 4.39 Å². The summed E-state index contributed by atoms with van der Waals surface area (Å²) in [4.78, 5) is 2.04. The number of para-hydroxylation sites is 1. The lowest BCUT2D eigenvalue weighted by Crippen LogP contribution is -2.61. The topological polar surface area (TPSA) is 29.3 Å². The Morgan fingerprint density at radius 3 is 2.50 bits per heavy atom. The van der Waals surface area contributed by atoms with E-state index < -0.39 is 0 Å². The highest BCUT2D eigenvalue weighted by Crippen LogP contribution is 2.46. The van der Waals surface area contributed by atoms with Crippen LogP contribution in [0.3, 0.4) is 0 Å². The van der Waals surface area contributed by atoms with Crippen LogP contribution < -0.4 is 10.6 Å². The van der Waals surface area contributed by atoms with Crippen molar-refractivity contribution >= 4 is 5.69 Å². The number of nitrogens with zero attached hydrogens (tertiary/aromatic N) is 1. The van der Waals surface area contributed by atoms with E-state index in [4.69, 9.17) is 5.73 Å². The standard InChI is InChI=1S/C15H23FN2/c1-11(2)12-8-15(9-12,10-17)18(3)14-7-5-4-6-13(14)16/h4-7,11-12H,8-10,17H2,1-3H3. The van der Waals surface area contributed by atoms with Crippen molar-refractivity contribution in [3.05, 3.63) is 30.1 Å². The molecule has 2 rings (SSSR count). The van der Waals surface area contributed by atoms with Gasteiger partial charge in [-0.3, -0.25) is 0 Å². The molecule has 1 saturated carbocycles. The molecule has 2 nitrogen and oxygen atoms in total. The van der Waals surface area contributed by atoms with E-state index in [0.717, 1.165) is 12.8 Å². The Hall–Kier alpha value is -1.09. The van der Waals surface area contributed by atoms with Crippen molar-refractivity contribution in [2.75, 3.05) is 18.5 Å². The number of hydrogen-bond donors (Lipinski definition) is 1. The Bertz CT molecular complexity index is 411. The molecule has 0 heterocycles. The zero-order chi connectivity index (χ0) is 13.3. The van der Waals surface area contributed by atoms with E-state index in [9.17, 15) is 4.39 Å². The van der Waals surface area contributed by atoms with Gasteiger partial charge in [0.1, 0.15) is 5.82 Å². The minimum absolute atomic E-state index is 0.0584. The molecule has 0 atom stereocenters. The fourth-order valence-electron chi connectivity index (χ4n) is 2.94. The first-order chi connectivity index (χ1) is 8.50. The number of hydrogen-bond acceptors (Lipinski definition) is 2. The van der Waals surface area contributed by atoms with Crippen LogP contribution in [0, 0.1) is 17.7 Å². The Labute approximate surface area is 109 Å². The van der Waals surface area contributed by atoms with Gasteiger partial charge in [0.2, 0.25) is 0 Å². The molecule has 0 radical (unpaired) electrons. The molecule has 3 heteroatoms. The third-order valence-electron chi connectivity index (χ3n) is 4.53. The predicted octanol–water partition coefficient (Wildman–Crippen LogP) is 3.03. The molecule has 0 saturated heterocycles. The van der Waals surface area contributed by atoms with Crippen molar-refractivity contribution in [1.82, 2.24) is 0 Å². The fraction of sp³-hybridized carbons (Fsp3) is 0.600. The summed E-state index contributed by atoms with van der Waals surface area (Å²) >= 11 is 0. The number of benzene rings is 1. The lowest BCUT2D eigenvalue weighted by Gasteiger charge is -2.55. The summed E-state index contributed by atoms with van der Waals surface area (Å²) in [6.07, 6.45) is 2.12. The summed E-state index contributed by atoms with van der Waals surface area (Å²) in [5, 5.41) is 0. The van der Waals surface area contributed by atoms with Crippen LogP contribution in [0.15, 0.2) is 24.3 Å². The van der Waals surface area contributed by atoms with Crippen LogP contribution in [0.5, 0.6) is 0 Å². The third-order valence-corrected chi connectivity index (χ3v) is 4.53. The van der Waals surface area contributed by atoms with E-state index in [2.05, 4.69) is 13.8 Å². The van der Waals surface area contributed by atoms with Gasteiger partial charge in [-0.2, -0.15) is 0 Å². The summed E-state index contributed by atoms with van der Waals surface area (Å²) < 4.78 is 13.8. The Morgan fingerprint density at radius 2 is 2.00 bits per heavy atom. The average molecular weight is 250 g/mol.